The second-order valence-corrected chi connectivity index (χ2v) is 7.49. The number of nitrogens with zero attached hydrogens (tertiary/aromatic N) is 3. The van der Waals surface area contributed by atoms with Crippen LogP contribution >= 0.6 is 0 Å². The number of fused-ring (bicyclic) bond motifs is 1. The van der Waals surface area contributed by atoms with Gasteiger partial charge in [-0.05, 0) is 50.6 Å². The van der Waals surface area contributed by atoms with Gasteiger partial charge in [0.2, 0.25) is 5.95 Å². The molecule has 0 saturated carbocycles. The number of hydrogen-bond donors (Lipinski definition) is 1. The first kappa shape index (κ1) is 21.4. The van der Waals surface area contributed by atoms with Crippen LogP contribution in [0.1, 0.15) is 40.7 Å². The molecule has 1 N–H and O–H groups in total. The van der Waals surface area contributed by atoms with Crippen molar-refractivity contribution in [1.82, 2.24) is 14.7 Å². The van der Waals surface area contributed by atoms with Gasteiger partial charge in [0.15, 0.2) is 11.5 Å². The molecule has 4 aromatic rings. The Hall–Kier alpha value is -3.81. The van der Waals surface area contributed by atoms with Crippen LogP contribution in [0.2, 0.25) is 0 Å². The minimum Gasteiger partial charge on any atom is -0.493 e. The van der Waals surface area contributed by atoms with E-state index in [0.717, 1.165) is 35.3 Å². The smallest absolute Gasteiger partial charge is 0.258 e. The quantitative estimate of drug-likeness (QED) is 0.424. The molecule has 32 heavy (non-hydrogen) atoms. The van der Waals surface area contributed by atoms with Crippen molar-refractivity contribution < 1.29 is 18.8 Å². The molecule has 0 fully saturated rings. The van der Waals surface area contributed by atoms with E-state index < -0.39 is 0 Å². The number of rotatable bonds is 8. The molecule has 2 aromatic carbocycles. The highest BCUT2D eigenvalue weighted by atomic mass is 16.5. The Bertz CT molecular complexity index is 1240. The SMILES string of the molecule is CCCn1c(NC(=O)c2ccc(OCc3c(C)noc3C)c(OC)c2)nc2ccccc21. The van der Waals surface area contributed by atoms with Crippen LogP contribution < -0.4 is 14.8 Å². The molecule has 8 nitrogen and oxygen atoms in total. The summed E-state index contributed by atoms with van der Waals surface area (Å²) in [6, 6.07) is 12.9. The van der Waals surface area contributed by atoms with Gasteiger partial charge >= 0.3 is 0 Å². The lowest BCUT2D eigenvalue weighted by atomic mass is 10.2. The maximum atomic E-state index is 13.0. The minimum atomic E-state index is -0.270. The summed E-state index contributed by atoms with van der Waals surface area (Å²) in [6.07, 6.45) is 0.925. The monoisotopic (exact) mass is 434 g/mol. The van der Waals surface area contributed by atoms with Crippen molar-refractivity contribution in [2.24, 2.45) is 0 Å². The molecule has 0 atom stereocenters. The number of aryl methyl sites for hydroxylation is 3. The van der Waals surface area contributed by atoms with E-state index in [0.29, 0.717) is 35.4 Å². The average molecular weight is 434 g/mol. The van der Waals surface area contributed by atoms with E-state index in [2.05, 4.69) is 22.4 Å². The lowest BCUT2D eigenvalue weighted by Gasteiger charge is -2.13. The van der Waals surface area contributed by atoms with E-state index in [-0.39, 0.29) is 5.91 Å². The summed E-state index contributed by atoms with van der Waals surface area (Å²) in [7, 11) is 1.54. The van der Waals surface area contributed by atoms with Gasteiger partial charge in [0, 0.05) is 12.1 Å². The van der Waals surface area contributed by atoms with E-state index in [4.69, 9.17) is 14.0 Å². The topological polar surface area (TPSA) is 91.4 Å². The number of para-hydroxylation sites is 2. The summed E-state index contributed by atoms with van der Waals surface area (Å²) in [5, 5.41) is 6.87. The Kier molecular flexibility index (Phi) is 6.11. The van der Waals surface area contributed by atoms with Crippen LogP contribution in [0.5, 0.6) is 11.5 Å². The van der Waals surface area contributed by atoms with Crippen molar-refractivity contribution in [3.05, 3.63) is 65.0 Å². The van der Waals surface area contributed by atoms with Gasteiger partial charge in [-0.25, -0.2) is 4.98 Å². The molecule has 0 unspecified atom stereocenters. The molecular weight excluding hydrogens is 408 g/mol. The fourth-order valence-electron chi connectivity index (χ4n) is 3.58. The molecule has 0 radical (unpaired) electrons. The van der Waals surface area contributed by atoms with E-state index in [1.54, 1.807) is 25.3 Å². The van der Waals surface area contributed by atoms with Crippen LogP contribution in [0.4, 0.5) is 5.95 Å². The first-order valence-corrected chi connectivity index (χ1v) is 10.5. The van der Waals surface area contributed by atoms with E-state index >= 15 is 0 Å². The number of amides is 1. The summed E-state index contributed by atoms with van der Waals surface area (Å²) >= 11 is 0. The molecule has 1 amide bonds. The third-order valence-electron chi connectivity index (χ3n) is 5.31. The predicted octanol–water partition coefficient (Wildman–Crippen LogP) is 4.89. The second kappa shape index (κ2) is 9.13. The molecule has 166 valence electrons. The molecule has 8 heteroatoms. The minimum absolute atomic E-state index is 0.270. The van der Waals surface area contributed by atoms with E-state index in [9.17, 15) is 4.79 Å². The zero-order valence-electron chi connectivity index (χ0n) is 18.6. The number of nitrogens with one attached hydrogen (secondary N) is 1. The van der Waals surface area contributed by atoms with Gasteiger partial charge < -0.3 is 18.6 Å². The predicted molar refractivity (Wildman–Crippen MR) is 121 cm³/mol. The van der Waals surface area contributed by atoms with Crippen molar-refractivity contribution in [3.8, 4) is 11.5 Å². The number of ether oxygens (including phenoxy) is 2. The summed E-state index contributed by atoms with van der Waals surface area (Å²) in [4.78, 5) is 17.6. The van der Waals surface area contributed by atoms with Gasteiger partial charge in [-0.15, -0.1) is 0 Å². The third-order valence-corrected chi connectivity index (χ3v) is 5.31. The Labute approximate surface area is 186 Å². The van der Waals surface area contributed by atoms with Gasteiger partial charge in [-0.1, -0.05) is 24.2 Å². The summed E-state index contributed by atoms with van der Waals surface area (Å²) in [5.41, 5.74) is 3.96. The van der Waals surface area contributed by atoms with Crippen molar-refractivity contribution in [2.75, 3.05) is 12.4 Å². The van der Waals surface area contributed by atoms with Crippen LogP contribution in [0.3, 0.4) is 0 Å². The number of hydrogen-bond acceptors (Lipinski definition) is 6. The van der Waals surface area contributed by atoms with Crippen LogP contribution in [-0.2, 0) is 13.2 Å². The third kappa shape index (κ3) is 4.16. The zero-order chi connectivity index (χ0) is 22.7. The van der Waals surface area contributed by atoms with Gasteiger partial charge in [-0.2, -0.15) is 0 Å². The maximum absolute atomic E-state index is 13.0. The largest absolute Gasteiger partial charge is 0.493 e. The first-order valence-electron chi connectivity index (χ1n) is 10.5. The van der Waals surface area contributed by atoms with E-state index in [1.807, 2.05) is 42.7 Å². The van der Waals surface area contributed by atoms with Gasteiger partial charge in [-0.3, -0.25) is 10.1 Å². The molecule has 0 aliphatic carbocycles. The highest BCUT2D eigenvalue weighted by Crippen LogP contribution is 2.30. The van der Waals surface area contributed by atoms with Crippen LogP contribution in [-0.4, -0.2) is 27.7 Å². The highest BCUT2D eigenvalue weighted by molar-refractivity contribution is 6.04. The van der Waals surface area contributed by atoms with Gasteiger partial charge in [0.05, 0.1) is 29.4 Å². The Balaban J connectivity index is 1.54. The van der Waals surface area contributed by atoms with E-state index in [1.165, 1.54) is 0 Å². The number of carbonyl (C=O) groups excluding carboxylic acids is 1. The number of benzene rings is 2. The normalized spacial score (nSPS) is 11.0. The lowest BCUT2D eigenvalue weighted by molar-refractivity contribution is 0.102. The molecule has 0 aliphatic rings. The van der Waals surface area contributed by atoms with Crippen molar-refractivity contribution in [1.29, 1.82) is 0 Å². The van der Waals surface area contributed by atoms with Crippen molar-refractivity contribution in [3.63, 3.8) is 0 Å². The maximum Gasteiger partial charge on any atom is 0.258 e. The van der Waals surface area contributed by atoms with Crippen LogP contribution in [0.25, 0.3) is 11.0 Å². The molecule has 0 aliphatic heterocycles. The summed E-state index contributed by atoms with van der Waals surface area (Å²) in [5.74, 6) is 1.96. The highest BCUT2D eigenvalue weighted by Gasteiger charge is 2.17. The molecule has 0 spiro atoms. The summed E-state index contributed by atoms with van der Waals surface area (Å²) in [6.45, 7) is 6.85. The Morgan fingerprint density at radius 1 is 1.16 bits per heavy atom. The van der Waals surface area contributed by atoms with Crippen molar-refractivity contribution >= 4 is 22.9 Å². The Morgan fingerprint density at radius 2 is 1.97 bits per heavy atom. The average Bonchev–Trinajstić information content (AvgIpc) is 3.31. The molecule has 4 rings (SSSR count). The van der Waals surface area contributed by atoms with Crippen LogP contribution in [0.15, 0.2) is 47.0 Å². The molecule has 0 bridgehead atoms. The molecule has 0 saturated heterocycles. The standard InChI is InChI=1S/C24H26N4O4/c1-5-12-28-20-9-7-6-8-19(20)25-24(28)26-23(29)17-10-11-21(22(13-17)30-4)31-14-18-15(2)27-32-16(18)3/h6-11,13H,5,12,14H2,1-4H3,(H,25,26,29). The van der Waals surface area contributed by atoms with Crippen molar-refractivity contribution in [2.45, 2.75) is 40.3 Å². The van der Waals surface area contributed by atoms with Gasteiger partial charge in [0.1, 0.15) is 12.4 Å². The molecule has 2 heterocycles. The second-order valence-electron chi connectivity index (χ2n) is 7.49. The fraction of sp³-hybridized carbons (Fsp3) is 0.292. The van der Waals surface area contributed by atoms with Crippen LogP contribution in [0, 0.1) is 13.8 Å². The first-order chi connectivity index (χ1) is 15.5. The number of methoxy groups -OCH3 is 1. The Morgan fingerprint density at radius 3 is 2.69 bits per heavy atom. The molecule has 2 aromatic heterocycles. The number of aromatic nitrogens is 3. The fourth-order valence-corrected chi connectivity index (χ4v) is 3.58. The summed E-state index contributed by atoms with van der Waals surface area (Å²) < 4.78 is 18.6. The number of anilines is 1. The number of carbonyl (C=O) groups is 1. The molecular formula is C24H26N4O4. The lowest BCUT2D eigenvalue weighted by Crippen LogP contribution is -2.16. The number of imidazole rings is 1. The zero-order valence-corrected chi connectivity index (χ0v) is 18.6. The van der Waals surface area contributed by atoms with Gasteiger partial charge in [0.25, 0.3) is 5.91 Å².